The molecule has 1 saturated carbocycles. The van der Waals surface area contributed by atoms with E-state index in [1.807, 2.05) is 12.1 Å². The Morgan fingerprint density at radius 3 is 2.32 bits per heavy atom. The molecule has 126 valence electrons. The van der Waals surface area contributed by atoms with Gasteiger partial charge in [0.15, 0.2) is 0 Å². The van der Waals surface area contributed by atoms with Gasteiger partial charge < -0.3 is 5.32 Å². The zero-order chi connectivity index (χ0) is 13.9. The van der Waals surface area contributed by atoms with E-state index >= 15 is 0 Å². The molecule has 2 nitrogen and oxygen atoms in total. The van der Waals surface area contributed by atoms with Gasteiger partial charge in [0.2, 0.25) is 0 Å². The van der Waals surface area contributed by atoms with Crippen molar-refractivity contribution in [3.63, 3.8) is 0 Å². The van der Waals surface area contributed by atoms with Crippen LogP contribution in [-0.2, 0) is 0 Å². The lowest BCUT2D eigenvalue weighted by atomic mass is 9.89. The molecule has 2 fully saturated rings. The first-order valence-corrected chi connectivity index (χ1v) is 8.41. The molecule has 0 spiro atoms. The smallest absolute Gasteiger partial charge is 0.0640 e. The molecule has 1 N–H and O–H groups in total. The third-order valence-electron chi connectivity index (χ3n) is 4.69. The van der Waals surface area contributed by atoms with Crippen molar-refractivity contribution in [1.82, 2.24) is 10.2 Å². The predicted molar refractivity (Wildman–Crippen MR) is 100 cm³/mol. The molecule has 0 bridgehead atoms. The van der Waals surface area contributed by atoms with Crippen LogP contribution in [0.2, 0.25) is 10.0 Å². The van der Waals surface area contributed by atoms with E-state index in [0.29, 0.717) is 11.1 Å². The normalized spacial score (nSPS) is 21.0. The average Bonchev–Trinajstić information content (AvgIpc) is 2.99. The lowest BCUT2D eigenvalue weighted by Gasteiger charge is -2.39. The van der Waals surface area contributed by atoms with Crippen molar-refractivity contribution in [1.29, 1.82) is 0 Å². The number of rotatable bonds is 3. The summed E-state index contributed by atoms with van der Waals surface area (Å²) in [5.74, 6) is 0.726. The molecule has 1 aromatic carbocycles. The highest BCUT2D eigenvalue weighted by atomic mass is 35.5. The van der Waals surface area contributed by atoms with Crippen LogP contribution in [0.1, 0.15) is 37.3 Å². The number of hydrogen-bond donors (Lipinski definition) is 1. The van der Waals surface area contributed by atoms with Crippen LogP contribution in [0.15, 0.2) is 18.2 Å². The minimum Gasteiger partial charge on any atom is -0.314 e. The Labute approximate surface area is 155 Å². The van der Waals surface area contributed by atoms with Crippen molar-refractivity contribution >= 4 is 48.0 Å². The molecule has 6 heteroatoms. The van der Waals surface area contributed by atoms with Crippen molar-refractivity contribution in [3.8, 4) is 0 Å². The van der Waals surface area contributed by atoms with Crippen LogP contribution < -0.4 is 5.32 Å². The molecule has 1 atom stereocenters. The maximum atomic E-state index is 6.51. The van der Waals surface area contributed by atoms with Crippen molar-refractivity contribution in [2.24, 2.45) is 5.92 Å². The quantitative estimate of drug-likeness (QED) is 0.789. The van der Waals surface area contributed by atoms with Gasteiger partial charge in [-0.15, -0.1) is 24.8 Å². The van der Waals surface area contributed by atoms with Gasteiger partial charge in [-0.1, -0.05) is 48.2 Å². The van der Waals surface area contributed by atoms with E-state index in [0.717, 1.165) is 37.1 Å². The molecule has 1 aromatic rings. The molecule has 1 heterocycles. The largest absolute Gasteiger partial charge is 0.314 e. The highest BCUT2D eigenvalue weighted by molar-refractivity contribution is 6.42. The van der Waals surface area contributed by atoms with Crippen LogP contribution >= 0.6 is 48.0 Å². The maximum Gasteiger partial charge on any atom is 0.0640 e. The SMILES string of the molecule is Cl.Cl.Clc1cccc([C@H](C2CCCC2)N2CCNCC2)c1Cl. The van der Waals surface area contributed by atoms with Gasteiger partial charge in [-0.3, -0.25) is 4.90 Å². The van der Waals surface area contributed by atoms with Gasteiger partial charge in [0, 0.05) is 32.2 Å². The van der Waals surface area contributed by atoms with Gasteiger partial charge in [-0.2, -0.15) is 0 Å². The minimum absolute atomic E-state index is 0. The van der Waals surface area contributed by atoms with Crippen LogP contribution in [0.3, 0.4) is 0 Å². The summed E-state index contributed by atoms with van der Waals surface area (Å²) in [4.78, 5) is 2.60. The van der Waals surface area contributed by atoms with E-state index in [-0.39, 0.29) is 24.8 Å². The monoisotopic (exact) mass is 384 g/mol. The molecule has 2 aliphatic rings. The molecule has 3 rings (SSSR count). The van der Waals surface area contributed by atoms with Crippen LogP contribution in [0.5, 0.6) is 0 Å². The van der Waals surface area contributed by atoms with Gasteiger partial charge in [0.05, 0.1) is 10.0 Å². The van der Waals surface area contributed by atoms with Crippen molar-refractivity contribution in [2.75, 3.05) is 26.2 Å². The number of hydrogen-bond acceptors (Lipinski definition) is 2. The Balaban J connectivity index is 0.00000121. The van der Waals surface area contributed by atoms with Crippen LogP contribution in [-0.4, -0.2) is 31.1 Å². The lowest BCUT2D eigenvalue weighted by molar-refractivity contribution is 0.125. The first-order chi connectivity index (χ1) is 9.77. The number of nitrogens with zero attached hydrogens (tertiary/aromatic N) is 1. The third-order valence-corrected chi connectivity index (χ3v) is 5.52. The number of halogens is 4. The van der Waals surface area contributed by atoms with Crippen LogP contribution in [0.4, 0.5) is 0 Å². The van der Waals surface area contributed by atoms with Gasteiger partial charge >= 0.3 is 0 Å². The summed E-state index contributed by atoms with van der Waals surface area (Å²) in [7, 11) is 0. The maximum absolute atomic E-state index is 6.51. The molecule has 1 aliphatic carbocycles. The summed E-state index contributed by atoms with van der Waals surface area (Å²) in [6, 6.07) is 6.52. The summed E-state index contributed by atoms with van der Waals surface area (Å²) in [5.41, 5.74) is 1.23. The summed E-state index contributed by atoms with van der Waals surface area (Å²) in [6.45, 7) is 4.34. The summed E-state index contributed by atoms with van der Waals surface area (Å²) >= 11 is 12.8. The number of benzene rings is 1. The topological polar surface area (TPSA) is 15.3 Å². The van der Waals surface area contributed by atoms with E-state index in [2.05, 4.69) is 16.3 Å². The number of piperazine rings is 1. The predicted octanol–water partition coefficient (Wildman–Crippen LogP) is 4.97. The Hall–Kier alpha value is 0.300. The number of nitrogens with one attached hydrogen (secondary N) is 1. The Kier molecular flexibility index (Phi) is 8.84. The van der Waals surface area contributed by atoms with Gasteiger partial charge in [-0.25, -0.2) is 0 Å². The molecule has 1 saturated heterocycles. The second kappa shape index (κ2) is 9.56. The standard InChI is InChI=1S/C16H22Cl2N2.2ClH/c17-14-7-3-6-13(15(14)18)16(12-4-1-2-5-12)20-10-8-19-9-11-20;;/h3,6-7,12,16,19H,1-2,4-5,8-11H2;2*1H/t16-;;/m0../s1. The van der Waals surface area contributed by atoms with Crippen LogP contribution in [0, 0.1) is 5.92 Å². The van der Waals surface area contributed by atoms with Crippen molar-refractivity contribution in [2.45, 2.75) is 31.7 Å². The fraction of sp³-hybridized carbons (Fsp3) is 0.625. The zero-order valence-electron chi connectivity index (χ0n) is 12.6. The van der Waals surface area contributed by atoms with E-state index in [9.17, 15) is 0 Å². The molecular formula is C16H24Cl4N2. The summed E-state index contributed by atoms with van der Waals surface area (Å²) < 4.78 is 0. The van der Waals surface area contributed by atoms with E-state index in [1.54, 1.807) is 0 Å². The fourth-order valence-corrected chi connectivity index (χ4v) is 4.15. The molecule has 0 amide bonds. The van der Waals surface area contributed by atoms with E-state index in [1.165, 1.54) is 31.2 Å². The average molecular weight is 386 g/mol. The summed E-state index contributed by atoms with van der Waals surface area (Å²) in [5, 5.41) is 4.87. The van der Waals surface area contributed by atoms with Crippen molar-refractivity contribution in [3.05, 3.63) is 33.8 Å². The highest BCUT2D eigenvalue weighted by Crippen LogP contribution is 2.43. The Morgan fingerprint density at radius 2 is 1.68 bits per heavy atom. The second-order valence-electron chi connectivity index (χ2n) is 5.92. The molecule has 0 unspecified atom stereocenters. The van der Waals surface area contributed by atoms with Crippen molar-refractivity contribution < 1.29 is 0 Å². The summed E-state index contributed by atoms with van der Waals surface area (Å²) in [6.07, 6.45) is 5.34. The molecule has 0 radical (unpaired) electrons. The first kappa shape index (κ1) is 20.3. The van der Waals surface area contributed by atoms with Gasteiger partial charge in [-0.05, 0) is 30.4 Å². The zero-order valence-corrected chi connectivity index (χ0v) is 15.7. The van der Waals surface area contributed by atoms with E-state index in [4.69, 9.17) is 23.2 Å². The first-order valence-electron chi connectivity index (χ1n) is 7.66. The molecule has 22 heavy (non-hydrogen) atoms. The minimum atomic E-state index is 0. The van der Waals surface area contributed by atoms with Crippen LogP contribution in [0.25, 0.3) is 0 Å². The van der Waals surface area contributed by atoms with Gasteiger partial charge in [0.1, 0.15) is 0 Å². The van der Waals surface area contributed by atoms with Gasteiger partial charge in [0.25, 0.3) is 0 Å². The Morgan fingerprint density at radius 1 is 1.05 bits per heavy atom. The second-order valence-corrected chi connectivity index (χ2v) is 6.70. The highest BCUT2D eigenvalue weighted by Gasteiger charge is 2.33. The third kappa shape index (κ3) is 4.43. The Bertz CT molecular complexity index is 457. The molecule has 0 aromatic heterocycles. The lowest BCUT2D eigenvalue weighted by Crippen LogP contribution is -2.46. The fourth-order valence-electron chi connectivity index (χ4n) is 3.73. The van der Waals surface area contributed by atoms with E-state index < -0.39 is 0 Å². The molecular weight excluding hydrogens is 362 g/mol. The molecule has 1 aliphatic heterocycles.